The third-order valence-electron chi connectivity index (χ3n) is 4.15. The number of aliphatic hydroxyl groups excluding tert-OH is 1. The summed E-state index contributed by atoms with van der Waals surface area (Å²) in [4.78, 5) is 12.0. The molecule has 0 aliphatic heterocycles. The molecule has 5 heteroatoms. The summed E-state index contributed by atoms with van der Waals surface area (Å²) < 4.78 is 5.42. The van der Waals surface area contributed by atoms with Crippen molar-refractivity contribution in [1.29, 1.82) is 0 Å². The molecule has 1 fully saturated rings. The summed E-state index contributed by atoms with van der Waals surface area (Å²) in [5.74, 6) is 0. The van der Waals surface area contributed by atoms with Crippen molar-refractivity contribution in [2.45, 2.75) is 37.3 Å². The Morgan fingerprint density at radius 1 is 1.33 bits per heavy atom. The number of nitrogens with one attached hydrogen (secondary N) is 2. The van der Waals surface area contributed by atoms with Gasteiger partial charge < -0.3 is 20.5 Å². The SMILES string of the molecule is COC(CNC(=O)NC1(CO)CCCC1)c1ccccc1. The van der Waals surface area contributed by atoms with Crippen molar-refractivity contribution < 1.29 is 14.6 Å². The van der Waals surface area contributed by atoms with Crippen LogP contribution in [0, 0.1) is 0 Å². The summed E-state index contributed by atoms with van der Waals surface area (Å²) in [6, 6.07) is 9.53. The van der Waals surface area contributed by atoms with Crippen molar-refractivity contribution in [2.24, 2.45) is 0 Å². The van der Waals surface area contributed by atoms with Crippen LogP contribution in [0.1, 0.15) is 37.4 Å². The maximum Gasteiger partial charge on any atom is 0.315 e. The number of rotatable bonds is 6. The largest absolute Gasteiger partial charge is 0.394 e. The second-order valence-corrected chi connectivity index (χ2v) is 5.62. The highest BCUT2D eigenvalue weighted by atomic mass is 16.5. The fourth-order valence-corrected chi connectivity index (χ4v) is 2.85. The molecule has 116 valence electrons. The number of hydrogen-bond donors (Lipinski definition) is 3. The van der Waals surface area contributed by atoms with Crippen LogP contribution in [0.5, 0.6) is 0 Å². The number of ether oxygens (including phenoxy) is 1. The number of hydrogen-bond acceptors (Lipinski definition) is 3. The van der Waals surface area contributed by atoms with Gasteiger partial charge in [-0.1, -0.05) is 43.2 Å². The summed E-state index contributed by atoms with van der Waals surface area (Å²) in [5, 5.41) is 15.2. The molecule has 1 unspecified atom stereocenters. The minimum atomic E-state index is -0.445. The Morgan fingerprint density at radius 3 is 2.57 bits per heavy atom. The van der Waals surface area contributed by atoms with Crippen molar-refractivity contribution in [2.75, 3.05) is 20.3 Å². The van der Waals surface area contributed by atoms with Gasteiger partial charge in [0.05, 0.1) is 18.2 Å². The summed E-state index contributed by atoms with van der Waals surface area (Å²) in [6.07, 6.45) is 3.59. The monoisotopic (exact) mass is 292 g/mol. The molecular weight excluding hydrogens is 268 g/mol. The third-order valence-corrected chi connectivity index (χ3v) is 4.15. The van der Waals surface area contributed by atoms with E-state index in [4.69, 9.17) is 4.74 Å². The van der Waals surface area contributed by atoms with E-state index in [-0.39, 0.29) is 18.7 Å². The van der Waals surface area contributed by atoms with Gasteiger partial charge in [0.2, 0.25) is 0 Å². The normalized spacial score (nSPS) is 18.2. The molecule has 0 bridgehead atoms. The van der Waals surface area contributed by atoms with Gasteiger partial charge in [-0.15, -0.1) is 0 Å². The lowest BCUT2D eigenvalue weighted by Gasteiger charge is -2.28. The summed E-state index contributed by atoms with van der Waals surface area (Å²) in [7, 11) is 1.63. The van der Waals surface area contributed by atoms with Gasteiger partial charge in [0.1, 0.15) is 0 Å². The van der Waals surface area contributed by atoms with Crippen LogP contribution in [0.4, 0.5) is 4.79 Å². The van der Waals surface area contributed by atoms with Gasteiger partial charge >= 0.3 is 6.03 Å². The zero-order valence-electron chi connectivity index (χ0n) is 12.5. The topological polar surface area (TPSA) is 70.6 Å². The second kappa shape index (κ2) is 7.43. The first-order valence-electron chi connectivity index (χ1n) is 7.44. The predicted molar refractivity (Wildman–Crippen MR) is 81.0 cm³/mol. The molecule has 0 radical (unpaired) electrons. The van der Waals surface area contributed by atoms with Crippen molar-refractivity contribution >= 4 is 6.03 Å². The van der Waals surface area contributed by atoms with Gasteiger partial charge in [0, 0.05) is 13.7 Å². The van der Waals surface area contributed by atoms with Crippen molar-refractivity contribution in [1.82, 2.24) is 10.6 Å². The van der Waals surface area contributed by atoms with Crippen LogP contribution in [0.15, 0.2) is 30.3 Å². The summed E-state index contributed by atoms with van der Waals surface area (Å²) in [5.41, 5.74) is 0.581. The average Bonchev–Trinajstić information content (AvgIpc) is 2.98. The maximum atomic E-state index is 12.0. The molecule has 0 saturated heterocycles. The van der Waals surface area contributed by atoms with E-state index in [2.05, 4.69) is 10.6 Å². The number of urea groups is 1. The van der Waals surface area contributed by atoms with Gasteiger partial charge in [-0.25, -0.2) is 4.79 Å². The lowest BCUT2D eigenvalue weighted by molar-refractivity contribution is 0.102. The molecule has 0 heterocycles. The smallest absolute Gasteiger partial charge is 0.315 e. The van der Waals surface area contributed by atoms with Crippen LogP contribution in [0.25, 0.3) is 0 Å². The first-order valence-corrected chi connectivity index (χ1v) is 7.44. The molecule has 1 aliphatic rings. The van der Waals surface area contributed by atoms with E-state index in [1.54, 1.807) is 7.11 Å². The van der Waals surface area contributed by atoms with E-state index in [1.165, 1.54) is 0 Å². The molecular formula is C16H24N2O3. The number of methoxy groups -OCH3 is 1. The highest BCUT2D eigenvalue weighted by molar-refractivity contribution is 5.74. The molecule has 0 spiro atoms. The second-order valence-electron chi connectivity index (χ2n) is 5.62. The van der Waals surface area contributed by atoms with Crippen LogP contribution in [0.3, 0.4) is 0 Å². The number of benzene rings is 1. The third kappa shape index (κ3) is 4.19. The Balaban J connectivity index is 1.85. The predicted octanol–water partition coefficient (Wildman–Crippen LogP) is 1.98. The Morgan fingerprint density at radius 2 is 2.00 bits per heavy atom. The average molecular weight is 292 g/mol. The zero-order valence-corrected chi connectivity index (χ0v) is 12.5. The van der Waals surface area contributed by atoms with Gasteiger partial charge in [-0.2, -0.15) is 0 Å². The van der Waals surface area contributed by atoms with Gasteiger partial charge in [-0.05, 0) is 18.4 Å². The number of amides is 2. The van der Waals surface area contributed by atoms with E-state index < -0.39 is 5.54 Å². The van der Waals surface area contributed by atoms with Gasteiger partial charge in [0.15, 0.2) is 0 Å². The standard InChI is InChI=1S/C16H24N2O3/c1-21-14(13-7-3-2-4-8-13)11-17-15(20)18-16(12-19)9-5-6-10-16/h2-4,7-8,14,19H,5-6,9-12H2,1H3,(H2,17,18,20). The lowest BCUT2D eigenvalue weighted by atomic mass is 9.99. The van der Waals surface area contributed by atoms with Crippen LogP contribution >= 0.6 is 0 Å². The van der Waals surface area contributed by atoms with Gasteiger partial charge in [-0.3, -0.25) is 0 Å². The minimum absolute atomic E-state index is 0.00713. The Kier molecular flexibility index (Phi) is 5.59. The molecule has 0 aromatic heterocycles. The molecule has 2 amide bonds. The summed E-state index contributed by atoms with van der Waals surface area (Å²) >= 11 is 0. The zero-order chi connectivity index (χ0) is 15.1. The molecule has 1 aliphatic carbocycles. The lowest BCUT2D eigenvalue weighted by Crippen LogP contribution is -2.53. The number of carbonyl (C=O) groups excluding carboxylic acids is 1. The van der Waals surface area contributed by atoms with E-state index in [9.17, 15) is 9.90 Å². The highest BCUT2D eigenvalue weighted by Gasteiger charge is 2.34. The molecule has 21 heavy (non-hydrogen) atoms. The van der Waals surface area contributed by atoms with Crippen molar-refractivity contribution in [3.8, 4) is 0 Å². The van der Waals surface area contributed by atoms with E-state index in [0.29, 0.717) is 6.54 Å². The molecule has 1 aromatic carbocycles. The van der Waals surface area contributed by atoms with Gasteiger partial charge in [0.25, 0.3) is 0 Å². The van der Waals surface area contributed by atoms with Crippen LogP contribution in [-0.4, -0.2) is 36.9 Å². The molecule has 1 saturated carbocycles. The fourth-order valence-electron chi connectivity index (χ4n) is 2.85. The Labute approximate surface area is 125 Å². The molecule has 3 N–H and O–H groups in total. The number of carbonyl (C=O) groups is 1. The first-order chi connectivity index (χ1) is 10.2. The van der Waals surface area contributed by atoms with E-state index >= 15 is 0 Å². The molecule has 2 rings (SSSR count). The van der Waals surface area contributed by atoms with Crippen LogP contribution in [0.2, 0.25) is 0 Å². The summed E-state index contributed by atoms with van der Waals surface area (Å²) in [6.45, 7) is 0.390. The molecule has 1 atom stereocenters. The first kappa shape index (κ1) is 15.8. The highest BCUT2D eigenvalue weighted by Crippen LogP contribution is 2.28. The van der Waals surface area contributed by atoms with Crippen LogP contribution in [-0.2, 0) is 4.74 Å². The van der Waals surface area contributed by atoms with E-state index in [0.717, 1.165) is 31.2 Å². The fraction of sp³-hybridized carbons (Fsp3) is 0.562. The quantitative estimate of drug-likeness (QED) is 0.751. The minimum Gasteiger partial charge on any atom is -0.394 e. The molecule has 1 aromatic rings. The van der Waals surface area contributed by atoms with E-state index in [1.807, 2.05) is 30.3 Å². The van der Waals surface area contributed by atoms with Crippen molar-refractivity contribution in [3.63, 3.8) is 0 Å². The molecule has 5 nitrogen and oxygen atoms in total. The Hall–Kier alpha value is -1.59. The maximum absolute atomic E-state index is 12.0. The van der Waals surface area contributed by atoms with Crippen molar-refractivity contribution in [3.05, 3.63) is 35.9 Å². The Bertz CT molecular complexity index is 444. The van der Waals surface area contributed by atoms with Crippen LogP contribution < -0.4 is 10.6 Å². The number of aliphatic hydroxyl groups is 1.